The molecule has 0 N–H and O–H groups in total. The molecule has 1 heterocycles. The average molecular weight is 419 g/mol. The van der Waals surface area contributed by atoms with E-state index in [-0.39, 0.29) is 23.9 Å². The molecule has 1 aliphatic rings. The second-order valence-corrected chi connectivity index (χ2v) is 7.95. The van der Waals surface area contributed by atoms with Crippen LogP contribution in [-0.2, 0) is 4.79 Å². The third-order valence-corrected chi connectivity index (χ3v) is 5.88. The number of amides is 2. The highest BCUT2D eigenvalue weighted by molar-refractivity contribution is 6.34. The van der Waals surface area contributed by atoms with Gasteiger partial charge in [0, 0.05) is 24.2 Å². The molecule has 0 saturated carbocycles. The van der Waals surface area contributed by atoms with Crippen molar-refractivity contribution in [1.29, 1.82) is 0 Å². The van der Waals surface area contributed by atoms with Crippen LogP contribution in [0.5, 0.6) is 0 Å². The lowest BCUT2D eigenvalue weighted by Gasteiger charge is -2.43. The predicted molar refractivity (Wildman–Crippen MR) is 121 cm³/mol. The van der Waals surface area contributed by atoms with Gasteiger partial charge in [0.2, 0.25) is 5.91 Å². The van der Waals surface area contributed by atoms with Gasteiger partial charge in [-0.1, -0.05) is 60.1 Å². The molecule has 2 unspecified atom stereocenters. The molecule has 0 radical (unpaired) electrons. The van der Waals surface area contributed by atoms with E-state index in [1.54, 1.807) is 17.9 Å². The van der Waals surface area contributed by atoms with Crippen LogP contribution in [0.4, 0.5) is 11.4 Å². The first-order chi connectivity index (χ1) is 14.5. The lowest BCUT2D eigenvalue weighted by Crippen LogP contribution is -2.47. The van der Waals surface area contributed by atoms with Gasteiger partial charge in [0.25, 0.3) is 5.91 Å². The molecule has 1 aliphatic heterocycles. The summed E-state index contributed by atoms with van der Waals surface area (Å²) in [5.74, 6) is -0.126. The van der Waals surface area contributed by atoms with Crippen molar-refractivity contribution in [2.24, 2.45) is 0 Å². The van der Waals surface area contributed by atoms with Crippen molar-refractivity contribution in [3.05, 3.63) is 95.0 Å². The van der Waals surface area contributed by atoms with E-state index in [9.17, 15) is 9.59 Å². The summed E-state index contributed by atoms with van der Waals surface area (Å²) in [5.41, 5.74) is 3.04. The van der Waals surface area contributed by atoms with Gasteiger partial charge in [0.05, 0.1) is 16.8 Å². The van der Waals surface area contributed by atoms with Gasteiger partial charge in [-0.2, -0.15) is 0 Å². The van der Waals surface area contributed by atoms with Gasteiger partial charge in [0.15, 0.2) is 0 Å². The molecular weight excluding hydrogens is 396 g/mol. The number of hydrogen-bond donors (Lipinski definition) is 0. The maximum atomic E-state index is 13.7. The first-order valence-corrected chi connectivity index (χ1v) is 10.4. The van der Waals surface area contributed by atoms with E-state index in [0.29, 0.717) is 22.7 Å². The van der Waals surface area contributed by atoms with Crippen LogP contribution >= 0.6 is 11.6 Å². The molecule has 4 rings (SSSR count). The average Bonchev–Trinajstić information content (AvgIpc) is 2.75. The van der Waals surface area contributed by atoms with Crippen molar-refractivity contribution >= 4 is 34.8 Å². The van der Waals surface area contributed by atoms with E-state index in [1.807, 2.05) is 84.6 Å². The molecule has 152 valence electrons. The highest BCUT2D eigenvalue weighted by Crippen LogP contribution is 2.44. The largest absolute Gasteiger partial charge is 0.309 e. The minimum absolute atomic E-state index is 0.00733. The van der Waals surface area contributed by atoms with Crippen LogP contribution in [0.3, 0.4) is 0 Å². The van der Waals surface area contributed by atoms with E-state index in [0.717, 1.165) is 11.3 Å². The lowest BCUT2D eigenvalue weighted by molar-refractivity contribution is -0.117. The summed E-state index contributed by atoms with van der Waals surface area (Å²) >= 11 is 6.55. The Balaban J connectivity index is 1.89. The van der Waals surface area contributed by atoms with Gasteiger partial charge < -0.3 is 4.90 Å². The molecule has 0 aliphatic carbocycles. The lowest BCUT2D eigenvalue weighted by atomic mass is 9.89. The Kier molecular flexibility index (Phi) is 5.60. The Labute approximate surface area is 181 Å². The van der Waals surface area contributed by atoms with Crippen molar-refractivity contribution in [2.45, 2.75) is 32.4 Å². The molecule has 0 fully saturated rings. The minimum atomic E-state index is -0.251. The molecular formula is C25H23ClN2O2. The fourth-order valence-corrected chi connectivity index (χ4v) is 4.52. The fourth-order valence-electron chi connectivity index (χ4n) is 4.29. The van der Waals surface area contributed by atoms with Gasteiger partial charge in [-0.15, -0.1) is 0 Å². The van der Waals surface area contributed by atoms with Crippen LogP contribution in [-0.4, -0.2) is 17.9 Å². The topological polar surface area (TPSA) is 40.6 Å². The third kappa shape index (κ3) is 3.59. The van der Waals surface area contributed by atoms with Crippen molar-refractivity contribution in [3.63, 3.8) is 0 Å². The number of nitrogens with zero attached hydrogens (tertiary/aromatic N) is 2. The molecule has 0 bridgehead atoms. The first-order valence-electron chi connectivity index (χ1n) is 10.0. The summed E-state index contributed by atoms with van der Waals surface area (Å²) < 4.78 is 0. The number of fused-ring (bicyclic) bond motifs is 1. The predicted octanol–water partition coefficient (Wildman–Crippen LogP) is 5.87. The standard InChI is InChI=1S/C25H23ClN2O2/c1-17-16-24(20-12-6-8-14-22(20)27(17)18(2)29)28(23-15-9-7-13-21(23)26)25(30)19-10-4-3-5-11-19/h3-15,17,24H,16H2,1-2H3. The van der Waals surface area contributed by atoms with Gasteiger partial charge in [0.1, 0.15) is 0 Å². The van der Waals surface area contributed by atoms with Gasteiger partial charge in [-0.3, -0.25) is 14.5 Å². The Morgan fingerprint density at radius 1 is 0.933 bits per heavy atom. The third-order valence-electron chi connectivity index (χ3n) is 5.56. The molecule has 3 aromatic carbocycles. The van der Waals surface area contributed by atoms with E-state index < -0.39 is 0 Å². The fraction of sp³-hybridized carbons (Fsp3) is 0.200. The van der Waals surface area contributed by atoms with Crippen LogP contribution in [0.15, 0.2) is 78.9 Å². The second-order valence-electron chi connectivity index (χ2n) is 7.54. The summed E-state index contributed by atoms with van der Waals surface area (Å²) in [6.45, 7) is 3.59. The summed E-state index contributed by atoms with van der Waals surface area (Å²) in [6.07, 6.45) is 0.611. The number of hydrogen-bond acceptors (Lipinski definition) is 2. The van der Waals surface area contributed by atoms with Gasteiger partial charge in [-0.25, -0.2) is 0 Å². The quantitative estimate of drug-likeness (QED) is 0.533. The molecule has 30 heavy (non-hydrogen) atoms. The Morgan fingerprint density at radius 3 is 2.27 bits per heavy atom. The number of benzene rings is 3. The molecule has 0 spiro atoms. The van der Waals surface area contributed by atoms with Gasteiger partial charge >= 0.3 is 0 Å². The van der Waals surface area contributed by atoms with Crippen LogP contribution in [0.2, 0.25) is 5.02 Å². The zero-order valence-electron chi connectivity index (χ0n) is 17.0. The van der Waals surface area contributed by atoms with Crippen molar-refractivity contribution in [3.8, 4) is 0 Å². The zero-order chi connectivity index (χ0) is 21.3. The maximum Gasteiger partial charge on any atom is 0.258 e. The molecule has 2 amide bonds. The summed E-state index contributed by atoms with van der Waals surface area (Å²) in [6, 6.07) is 24.1. The first kappa shape index (κ1) is 20.2. The SMILES string of the molecule is CC(=O)N1c2ccccc2C(N(C(=O)c2ccccc2)c2ccccc2Cl)CC1C. The normalized spacial score (nSPS) is 17.9. The van der Waals surface area contributed by atoms with Crippen LogP contribution in [0.25, 0.3) is 0 Å². The minimum Gasteiger partial charge on any atom is -0.309 e. The maximum absolute atomic E-state index is 13.7. The number of halogens is 1. The second kappa shape index (κ2) is 8.33. The van der Waals surface area contributed by atoms with Crippen LogP contribution in [0, 0.1) is 0 Å². The monoisotopic (exact) mass is 418 g/mol. The number of anilines is 2. The highest BCUT2D eigenvalue weighted by Gasteiger charge is 2.38. The number of rotatable bonds is 3. The molecule has 5 heteroatoms. The van der Waals surface area contributed by atoms with E-state index in [1.165, 1.54) is 0 Å². The zero-order valence-corrected chi connectivity index (χ0v) is 17.7. The number of carbonyl (C=O) groups is 2. The Hall–Kier alpha value is -3.11. The summed E-state index contributed by atoms with van der Waals surface area (Å²) in [7, 11) is 0. The van der Waals surface area contributed by atoms with Crippen LogP contribution in [0.1, 0.15) is 42.2 Å². The molecule has 3 aromatic rings. The summed E-state index contributed by atoms with van der Waals surface area (Å²) in [4.78, 5) is 29.7. The van der Waals surface area contributed by atoms with Crippen molar-refractivity contribution in [2.75, 3.05) is 9.80 Å². The molecule has 2 atom stereocenters. The highest BCUT2D eigenvalue weighted by atomic mass is 35.5. The number of carbonyl (C=O) groups excluding carboxylic acids is 2. The molecule has 4 nitrogen and oxygen atoms in total. The number of para-hydroxylation sites is 2. The van der Waals surface area contributed by atoms with Crippen LogP contribution < -0.4 is 9.80 Å². The smallest absolute Gasteiger partial charge is 0.258 e. The van der Waals surface area contributed by atoms with Crippen molar-refractivity contribution < 1.29 is 9.59 Å². The Bertz CT molecular complexity index is 1080. The summed E-state index contributed by atoms with van der Waals surface area (Å²) in [5, 5.41) is 0.515. The Morgan fingerprint density at radius 2 is 1.57 bits per heavy atom. The van der Waals surface area contributed by atoms with E-state index >= 15 is 0 Å². The van der Waals surface area contributed by atoms with E-state index in [2.05, 4.69) is 0 Å². The molecule has 0 aromatic heterocycles. The molecule has 0 saturated heterocycles. The van der Waals surface area contributed by atoms with E-state index in [4.69, 9.17) is 11.6 Å². The van der Waals surface area contributed by atoms with Gasteiger partial charge in [-0.05, 0) is 49.2 Å². The van der Waals surface area contributed by atoms with Crippen molar-refractivity contribution in [1.82, 2.24) is 0 Å².